The zero-order valence-electron chi connectivity index (χ0n) is 11.1. The molecule has 0 radical (unpaired) electrons. The monoisotopic (exact) mass is 341 g/mol. The lowest BCUT2D eigenvalue weighted by atomic mass is 10.1. The zero-order valence-corrected chi connectivity index (χ0v) is 12.7. The molecule has 2 aromatic rings. The van der Waals surface area contributed by atoms with E-state index in [9.17, 15) is 4.79 Å². The van der Waals surface area contributed by atoms with Gasteiger partial charge in [-0.25, -0.2) is 4.79 Å². The molecule has 0 aliphatic heterocycles. The topological polar surface area (TPSA) is 50.1 Å². The van der Waals surface area contributed by atoms with E-state index in [2.05, 4.69) is 22.0 Å². The van der Waals surface area contributed by atoms with Gasteiger partial charge in [0.2, 0.25) is 0 Å². The third kappa shape index (κ3) is 4.59. The summed E-state index contributed by atoms with van der Waals surface area (Å²) >= 11 is 3.37. The Balaban J connectivity index is 1.95. The minimum absolute atomic E-state index is 0.0887. The highest BCUT2D eigenvalue weighted by molar-refractivity contribution is 9.10. The second-order valence-corrected chi connectivity index (χ2v) is 5.18. The number of rotatable bonds is 4. The number of esters is 1. The van der Waals surface area contributed by atoms with E-state index in [1.807, 2.05) is 24.3 Å². The molecule has 2 rings (SSSR count). The van der Waals surface area contributed by atoms with Crippen molar-refractivity contribution in [2.24, 2.45) is 0 Å². The fraction of sp³-hybridized carbons (Fsp3) is 0.0588. The smallest absolute Gasteiger partial charge is 0.331 e. The van der Waals surface area contributed by atoms with E-state index in [-0.39, 0.29) is 6.61 Å². The van der Waals surface area contributed by atoms with Gasteiger partial charge in [-0.05, 0) is 29.8 Å². The molecule has 0 bridgehead atoms. The second kappa shape index (κ2) is 7.41. The maximum absolute atomic E-state index is 11.7. The van der Waals surface area contributed by atoms with Crippen molar-refractivity contribution in [2.45, 2.75) is 6.61 Å². The SMILES string of the molecule is N#Cc1ccccc1COC(=O)/C=C/c1cccc(Br)c1. The Hall–Kier alpha value is -2.38. The zero-order chi connectivity index (χ0) is 15.1. The molecule has 0 aliphatic rings. The molecule has 0 saturated heterocycles. The fourth-order valence-corrected chi connectivity index (χ4v) is 2.14. The van der Waals surface area contributed by atoms with Crippen molar-refractivity contribution in [3.63, 3.8) is 0 Å². The summed E-state index contributed by atoms with van der Waals surface area (Å²) in [7, 11) is 0. The van der Waals surface area contributed by atoms with E-state index >= 15 is 0 Å². The number of hydrogen-bond donors (Lipinski definition) is 0. The Labute approximate surface area is 131 Å². The van der Waals surface area contributed by atoms with Crippen LogP contribution < -0.4 is 0 Å². The molecular weight excluding hydrogens is 330 g/mol. The van der Waals surface area contributed by atoms with Crippen LogP contribution in [0.2, 0.25) is 0 Å². The summed E-state index contributed by atoms with van der Waals surface area (Å²) in [4.78, 5) is 11.7. The van der Waals surface area contributed by atoms with Crippen LogP contribution in [-0.4, -0.2) is 5.97 Å². The van der Waals surface area contributed by atoms with Crippen molar-refractivity contribution in [2.75, 3.05) is 0 Å². The normalized spacial score (nSPS) is 10.3. The summed E-state index contributed by atoms with van der Waals surface area (Å²) in [6, 6.07) is 16.7. The van der Waals surface area contributed by atoms with Crippen LogP contribution in [0.4, 0.5) is 0 Å². The van der Waals surface area contributed by atoms with Crippen molar-refractivity contribution in [3.8, 4) is 6.07 Å². The van der Waals surface area contributed by atoms with Gasteiger partial charge in [-0.15, -0.1) is 0 Å². The van der Waals surface area contributed by atoms with Crippen LogP contribution in [0.5, 0.6) is 0 Å². The number of benzene rings is 2. The first-order valence-electron chi connectivity index (χ1n) is 6.27. The molecule has 0 fully saturated rings. The highest BCUT2D eigenvalue weighted by Crippen LogP contribution is 2.13. The Morgan fingerprint density at radius 2 is 2.05 bits per heavy atom. The van der Waals surface area contributed by atoms with Gasteiger partial charge >= 0.3 is 5.97 Å². The Morgan fingerprint density at radius 3 is 2.81 bits per heavy atom. The van der Waals surface area contributed by atoms with Gasteiger partial charge in [0.05, 0.1) is 11.6 Å². The van der Waals surface area contributed by atoms with Crippen LogP contribution in [0.3, 0.4) is 0 Å². The number of carbonyl (C=O) groups excluding carboxylic acids is 1. The van der Waals surface area contributed by atoms with Crippen LogP contribution in [0.1, 0.15) is 16.7 Å². The van der Waals surface area contributed by atoms with Crippen LogP contribution in [0, 0.1) is 11.3 Å². The molecule has 0 unspecified atom stereocenters. The predicted molar refractivity (Wildman–Crippen MR) is 84.1 cm³/mol. The molecule has 0 aliphatic carbocycles. The Morgan fingerprint density at radius 1 is 1.24 bits per heavy atom. The summed E-state index contributed by atoms with van der Waals surface area (Å²) in [5.41, 5.74) is 2.12. The highest BCUT2D eigenvalue weighted by Gasteiger charge is 2.03. The van der Waals surface area contributed by atoms with Gasteiger partial charge in [-0.3, -0.25) is 0 Å². The molecule has 104 valence electrons. The van der Waals surface area contributed by atoms with Gasteiger partial charge in [0.1, 0.15) is 6.61 Å². The Kier molecular flexibility index (Phi) is 5.30. The van der Waals surface area contributed by atoms with Crippen molar-refractivity contribution in [1.82, 2.24) is 0 Å². The van der Waals surface area contributed by atoms with Crippen LogP contribution >= 0.6 is 15.9 Å². The van der Waals surface area contributed by atoms with Crippen molar-refractivity contribution in [3.05, 3.63) is 75.8 Å². The number of nitrogens with zero attached hydrogens (tertiary/aromatic N) is 1. The molecule has 3 nitrogen and oxygen atoms in total. The van der Waals surface area contributed by atoms with Crippen LogP contribution in [-0.2, 0) is 16.1 Å². The predicted octanol–water partition coefficient (Wildman–Crippen LogP) is 4.08. The minimum atomic E-state index is -0.442. The minimum Gasteiger partial charge on any atom is -0.458 e. The average molecular weight is 342 g/mol. The average Bonchev–Trinajstić information content (AvgIpc) is 2.51. The van der Waals surface area contributed by atoms with Crippen molar-refractivity contribution in [1.29, 1.82) is 5.26 Å². The molecule has 4 heteroatoms. The lowest BCUT2D eigenvalue weighted by Gasteiger charge is -2.03. The molecule has 2 aromatic carbocycles. The van der Waals surface area contributed by atoms with E-state index in [4.69, 9.17) is 10.00 Å². The van der Waals surface area contributed by atoms with Gasteiger partial charge in [-0.2, -0.15) is 5.26 Å². The maximum atomic E-state index is 11.7. The lowest BCUT2D eigenvalue weighted by Crippen LogP contribution is -2.02. The number of hydrogen-bond acceptors (Lipinski definition) is 3. The second-order valence-electron chi connectivity index (χ2n) is 4.27. The van der Waals surface area contributed by atoms with Gasteiger partial charge in [0, 0.05) is 16.1 Å². The molecule has 0 heterocycles. The lowest BCUT2D eigenvalue weighted by molar-refractivity contribution is -0.138. The van der Waals surface area contributed by atoms with Gasteiger partial charge < -0.3 is 4.74 Å². The van der Waals surface area contributed by atoms with Crippen LogP contribution in [0.25, 0.3) is 6.08 Å². The first-order valence-corrected chi connectivity index (χ1v) is 7.07. The highest BCUT2D eigenvalue weighted by atomic mass is 79.9. The Bertz CT molecular complexity index is 717. The maximum Gasteiger partial charge on any atom is 0.331 e. The number of carbonyl (C=O) groups is 1. The fourth-order valence-electron chi connectivity index (χ4n) is 1.73. The van der Waals surface area contributed by atoms with E-state index < -0.39 is 5.97 Å². The van der Waals surface area contributed by atoms with Crippen molar-refractivity contribution < 1.29 is 9.53 Å². The van der Waals surface area contributed by atoms with E-state index in [1.54, 1.807) is 30.3 Å². The first kappa shape index (κ1) is 15.0. The quantitative estimate of drug-likeness (QED) is 0.621. The molecule has 0 saturated carbocycles. The first-order chi connectivity index (χ1) is 10.2. The molecule has 21 heavy (non-hydrogen) atoms. The van der Waals surface area contributed by atoms with Gasteiger partial charge in [-0.1, -0.05) is 46.3 Å². The number of halogens is 1. The molecule has 0 N–H and O–H groups in total. The third-order valence-corrected chi connectivity index (χ3v) is 3.26. The summed E-state index contributed by atoms with van der Waals surface area (Å²) in [5, 5.41) is 8.95. The van der Waals surface area contributed by atoms with Gasteiger partial charge in [0.25, 0.3) is 0 Å². The van der Waals surface area contributed by atoms with Crippen molar-refractivity contribution >= 4 is 28.0 Å². The number of nitriles is 1. The largest absolute Gasteiger partial charge is 0.458 e. The summed E-state index contributed by atoms with van der Waals surface area (Å²) in [6.45, 7) is 0.0887. The molecule has 0 aromatic heterocycles. The molecule has 0 spiro atoms. The van der Waals surface area contributed by atoms with E-state index in [1.165, 1.54) is 6.08 Å². The summed E-state index contributed by atoms with van der Waals surface area (Å²) in [6.07, 6.45) is 3.06. The molecule has 0 amide bonds. The van der Waals surface area contributed by atoms with Crippen LogP contribution in [0.15, 0.2) is 59.1 Å². The number of ether oxygens (including phenoxy) is 1. The summed E-state index contributed by atoms with van der Waals surface area (Å²) in [5.74, 6) is -0.442. The van der Waals surface area contributed by atoms with Gasteiger partial charge in [0.15, 0.2) is 0 Å². The summed E-state index contributed by atoms with van der Waals surface area (Å²) < 4.78 is 6.08. The van der Waals surface area contributed by atoms with E-state index in [0.717, 1.165) is 10.0 Å². The third-order valence-electron chi connectivity index (χ3n) is 2.77. The standard InChI is InChI=1S/C17H12BrNO2/c18-16-7-3-4-13(10-16)8-9-17(20)21-12-15-6-2-1-5-14(15)11-19/h1-10H,12H2/b9-8+. The van der Waals surface area contributed by atoms with E-state index in [0.29, 0.717) is 11.1 Å². The molecular formula is C17H12BrNO2. The molecule has 0 atom stereocenters.